The first-order valence-electron chi connectivity index (χ1n) is 10.8. The lowest BCUT2D eigenvalue weighted by molar-refractivity contribution is -0.124. The molecule has 1 N–H and O–H groups in total. The highest BCUT2D eigenvalue weighted by Crippen LogP contribution is 2.33. The molecular weight excluding hydrogens is 386 g/mol. The van der Waals surface area contributed by atoms with Gasteiger partial charge in [0.05, 0.1) is 18.7 Å². The second-order valence-corrected chi connectivity index (χ2v) is 8.05. The van der Waals surface area contributed by atoms with Crippen molar-refractivity contribution in [3.63, 3.8) is 0 Å². The summed E-state index contributed by atoms with van der Waals surface area (Å²) in [6, 6.07) is 22.4. The molecule has 2 heterocycles. The summed E-state index contributed by atoms with van der Waals surface area (Å²) in [4.78, 5) is 19.8. The van der Waals surface area contributed by atoms with Gasteiger partial charge in [-0.05, 0) is 42.7 Å². The molecule has 160 valence electrons. The van der Waals surface area contributed by atoms with E-state index in [0.29, 0.717) is 19.5 Å². The van der Waals surface area contributed by atoms with Crippen molar-refractivity contribution in [2.24, 2.45) is 5.92 Å². The molecule has 5 heteroatoms. The van der Waals surface area contributed by atoms with Gasteiger partial charge < -0.3 is 10.1 Å². The highest BCUT2D eigenvalue weighted by molar-refractivity contribution is 5.80. The van der Waals surface area contributed by atoms with Crippen LogP contribution in [0.3, 0.4) is 0 Å². The van der Waals surface area contributed by atoms with Crippen molar-refractivity contribution in [3.05, 3.63) is 83.7 Å². The Bertz CT molecular complexity index is 1050. The van der Waals surface area contributed by atoms with E-state index < -0.39 is 0 Å². The van der Waals surface area contributed by atoms with Crippen molar-refractivity contribution >= 4 is 5.91 Å². The molecule has 0 spiro atoms. The normalized spacial score (nSPS) is 17.1. The fourth-order valence-corrected chi connectivity index (χ4v) is 4.28. The van der Waals surface area contributed by atoms with Crippen LogP contribution in [0, 0.1) is 12.8 Å². The molecule has 1 amide bonds. The van der Waals surface area contributed by atoms with Gasteiger partial charge in [-0.2, -0.15) is 0 Å². The Balaban J connectivity index is 1.57. The lowest BCUT2D eigenvalue weighted by atomic mass is 9.91. The molecule has 1 aliphatic heterocycles. The highest BCUT2D eigenvalue weighted by Gasteiger charge is 2.26. The smallest absolute Gasteiger partial charge is 0.224 e. The van der Waals surface area contributed by atoms with Crippen LogP contribution in [0.15, 0.2) is 66.7 Å². The molecule has 2 aromatic carbocycles. The summed E-state index contributed by atoms with van der Waals surface area (Å²) in [7, 11) is 1.69. The van der Waals surface area contributed by atoms with E-state index in [-0.39, 0.29) is 11.8 Å². The number of hydrogen-bond acceptors (Lipinski definition) is 4. The average Bonchev–Trinajstić information content (AvgIpc) is 2.95. The summed E-state index contributed by atoms with van der Waals surface area (Å²) < 4.78 is 5.58. The monoisotopic (exact) mass is 415 g/mol. The molecule has 3 aromatic rings. The zero-order valence-electron chi connectivity index (χ0n) is 18.2. The summed E-state index contributed by atoms with van der Waals surface area (Å²) in [5.74, 6) is 0.838. The highest BCUT2D eigenvalue weighted by atomic mass is 16.5. The number of rotatable bonds is 6. The molecule has 0 radical (unpaired) electrons. The maximum Gasteiger partial charge on any atom is 0.224 e. The summed E-state index contributed by atoms with van der Waals surface area (Å²) in [5.41, 5.74) is 5.38. The van der Waals surface area contributed by atoms with Crippen LogP contribution in [0.4, 0.5) is 0 Å². The molecule has 0 aliphatic carbocycles. The number of ether oxygens (including phenoxy) is 1. The van der Waals surface area contributed by atoms with Gasteiger partial charge in [0.1, 0.15) is 5.75 Å². The predicted octanol–water partition coefficient (Wildman–Crippen LogP) is 3.86. The Morgan fingerprint density at radius 1 is 1.03 bits per heavy atom. The van der Waals surface area contributed by atoms with Gasteiger partial charge in [-0.15, -0.1) is 0 Å². The van der Waals surface area contributed by atoms with Crippen molar-refractivity contribution in [1.29, 1.82) is 0 Å². The number of para-hydroxylation sites is 1. The number of hydrogen-bond donors (Lipinski definition) is 1. The number of aromatic nitrogens is 1. The molecule has 1 atom stereocenters. The average molecular weight is 416 g/mol. The van der Waals surface area contributed by atoms with E-state index in [1.54, 1.807) is 7.11 Å². The SMILES string of the molecule is COc1ccccc1-c1ccccc1C[C@@H]1CN(Cc2cccc(C)n2)CCNC1=O. The molecule has 1 fully saturated rings. The van der Waals surface area contributed by atoms with Gasteiger partial charge in [-0.3, -0.25) is 14.7 Å². The van der Waals surface area contributed by atoms with Crippen molar-refractivity contribution in [2.75, 3.05) is 26.7 Å². The first-order valence-corrected chi connectivity index (χ1v) is 10.8. The second-order valence-electron chi connectivity index (χ2n) is 8.05. The fraction of sp³-hybridized carbons (Fsp3) is 0.308. The Morgan fingerprint density at radius 2 is 1.81 bits per heavy atom. The summed E-state index contributed by atoms with van der Waals surface area (Å²) >= 11 is 0. The number of nitrogens with zero attached hydrogens (tertiary/aromatic N) is 2. The number of amides is 1. The summed E-state index contributed by atoms with van der Waals surface area (Å²) in [6.45, 7) is 4.96. The Labute approximate surface area is 184 Å². The molecule has 31 heavy (non-hydrogen) atoms. The maximum atomic E-state index is 12.9. The third kappa shape index (κ3) is 5.12. The Morgan fingerprint density at radius 3 is 2.61 bits per heavy atom. The van der Waals surface area contributed by atoms with Crippen LogP contribution in [0.2, 0.25) is 0 Å². The van der Waals surface area contributed by atoms with E-state index >= 15 is 0 Å². The molecule has 1 aliphatic rings. The van der Waals surface area contributed by atoms with Crippen LogP contribution in [-0.4, -0.2) is 42.5 Å². The molecule has 0 bridgehead atoms. The third-order valence-electron chi connectivity index (χ3n) is 5.79. The molecule has 1 aromatic heterocycles. The van der Waals surface area contributed by atoms with Gasteiger partial charge in [0, 0.05) is 37.4 Å². The largest absolute Gasteiger partial charge is 0.496 e. The zero-order chi connectivity index (χ0) is 21.6. The van der Waals surface area contributed by atoms with E-state index in [4.69, 9.17) is 4.74 Å². The number of nitrogens with one attached hydrogen (secondary N) is 1. The molecule has 5 nitrogen and oxygen atoms in total. The molecule has 4 rings (SSSR count). The number of pyridine rings is 1. The maximum absolute atomic E-state index is 12.9. The number of aryl methyl sites for hydroxylation is 1. The lowest BCUT2D eigenvalue weighted by Crippen LogP contribution is -2.33. The summed E-state index contributed by atoms with van der Waals surface area (Å²) in [5, 5.41) is 3.10. The third-order valence-corrected chi connectivity index (χ3v) is 5.79. The lowest BCUT2D eigenvalue weighted by Gasteiger charge is -2.23. The van der Waals surface area contributed by atoms with Crippen molar-refractivity contribution < 1.29 is 9.53 Å². The summed E-state index contributed by atoms with van der Waals surface area (Å²) in [6.07, 6.45) is 0.678. The van der Waals surface area contributed by atoms with Crippen LogP contribution in [-0.2, 0) is 17.8 Å². The van der Waals surface area contributed by atoms with Gasteiger partial charge in [0.25, 0.3) is 0 Å². The minimum absolute atomic E-state index is 0.120. The minimum atomic E-state index is -0.122. The fourth-order valence-electron chi connectivity index (χ4n) is 4.28. The Kier molecular flexibility index (Phi) is 6.63. The topological polar surface area (TPSA) is 54.5 Å². The molecule has 0 saturated carbocycles. The quantitative estimate of drug-likeness (QED) is 0.664. The van der Waals surface area contributed by atoms with Crippen LogP contribution in [0.1, 0.15) is 17.0 Å². The minimum Gasteiger partial charge on any atom is -0.496 e. The van der Waals surface area contributed by atoms with E-state index in [0.717, 1.165) is 46.9 Å². The Hall–Kier alpha value is -3.18. The molecule has 1 saturated heterocycles. The van der Waals surface area contributed by atoms with E-state index in [9.17, 15) is 4.79 Å². The predicted molar refractivity (Wildman–Crippen MR) is 123 cm³/mol. The molecular formula is C26H29N3O2. The van der Waals surface area contributed by atoms with Crippen LogP contribution in [0.5, 0.6) is 5.75 Å². The van der Waals surface area contributed by atoms with Crippen LogP contribution >= 0.6 is 0 Å². The number of benzene rings is 2. The standard InChI is InChI=1S/C26H29N3O2/c1-19-8-7-10-22(28-19)18-29-15-14-27-26(30)21(17-29)16-20-9-3-4-11-23(20)24-12-5-6-13-25(24)31-2/h3-13,21H,14-18H2,1-2H3,(H,27,30)/t21-/m1/s1. The van der Waals surface area contributed by atoms with Crippen molar-refractivity contribution in [1.82, 2.24) is 15.2 Å². The number of carbonyl (C=O) groups excluding carboxylic acids is 1. The number of carbonyl (C=O) groups is 1. The van der Waals surface area contributed by atoms with E-state index in [2.05, 4.69) is 39.5 Å². The van der Waals surface area contributed by atoms with Crippen LogP contribution in [0.25, 0.3) is 11.1 Å². The zero-order valence-corrected chi connectivity index (χ0v) is 18.2. The van der Waals surface area contributed by atoms with E-state index in [1.165, 1.54) is 0 Å². The van der Waals surface area contributed by atoms with Gasteiger partial charge in [-0.1, -0.05) is 48.5 Å². The van der Waals surface area contributed by atoms with E-state index in [1.807, 2.05) is 49.4 Å². The molecule has 0 unspecified atom stereocenters. The number of methoxy groups -OCH3 is 1. The van der Waals surface area contributed by atoms with Gasteiger partial charge in [-0.25, -0.2) is 0 Å². The first-order chi connectivity index (χ1) is 15.1. The van der Waals surface area contributed by atoms with Gasteiger partial charge in [0.2, 0.25) is 5.91 Å². The second kappa shape index (κ2) is 9.75. The van der Waals surface area contributed by atoms with Crippen molar-refractivity contribution in [2.45, 2.75) is 19.9 Å². The first kappa shape index (κ1) is 21.1. The van der Waals surface area contributed by atoms with Gasteiger partial charge in [0.15, 0.2) is 0 Å². The van der Waals surface area contributed by atoms with Crippen LogP contribution < -0.4 is 10.1 Å². The van der Waals surface area contributed by atoms with Crippen molar-refractivity contribution in [3.8, 4) is 16.9 Å². The van der Waals surface area contributed by atoms with Gasteiger partial charge >= 0.3 is 0 Å².